The third-order valence-corrected chi connectivity index (χ3v) is 3.29. The molecule has 0 aliphatic rings. The third kappa shape index (κ3) is 3.29. The summed E-state index contributed by atoms with van der Waals surface area (Å²) in [6.07, 6.45) is 0.415. The van der Waals surface area contributed by atoms with E-state index in [9.17, 15) is 8.78 Å². The molecule has 0 aliphatic carbocycles. The van der Waals surface area contributed by atoms with E-state index in [4.69, 9.17) is 17.4 Å². The summed E-state index contributed by atoms with van der Waals surface area (Å²) in [5, 5.41) is 0.588. The van der Waals surface area contributed by atoms with Crippen LogP contribution < -0.4 is 11.3 Å². The highest BCUT2D eigenvalue weighted by molar-refractivity contribution is 6.31. The van der Waals surface area contributed by atoms with Gasteiger partial charge in [-0.2, -0.15) is 0 Å². The summed E-state index contributed by atoms with van der Waals surface area (Å²) in [6, 6.07) is 10.2. The van der Waals surface area contributed by atoms with Gasteiger partial charge in [0.2, 0.25) is 0 Å². The normalized spacial score (nSPS) is 12.4. The van der Waals surface area contributed by atoms with Crippen LogP contribution in [0.15, 0.2) is 42.5 Å². The minimum absolute atomic E-state index is 0.309. The number of benzene rings is 2. The zero-order chi connectivity index (χ0) is 13.8. The highest BCUT2D eigenvalue weighted by atomic mass is 35.5. The third-order valence-electron chi connectivity index (χ3n) is 2.92. The van der Waals surface area contributed by atoms with Crippen molar-refractivity contribution in [3.05, 3.63) is 70.2 Å². The molecule has 2 rings (SSSR count). The summed E-state index contributed by atoms with van der Waals surface area (Å²) in [5.74, 6) is 4.21. The quantitative estimate of drug-likeness (QED) is 0.666. The molecule has 0 saturated heterocycles. The van der Waals surface area contributed by atoms with Gasteiger partial charge in [-0.25, -0.2) is 8.78 Å². The standard InChI is InChI=1S/C14H13ClF2N2/c15-12-4-2-1-3-9(12)7-14(19-18)11-6-5-10(16)8-13(11)17/h1-6,8,14,19H,7,18H2. The van der Waals surface area contributed by atoms with Crippen LogP contribution in [0, 0.1) is 11.6 Å². The van der Waals surface area contributed by atoms with E-state index in [-0.39, 0.29) is 0 Å². The van der Waals surface area contributed by atoms with Gasteiger partial charge in [0.1, 0.15) is 11.6 Å². The number of nitrogens with two attached hydrogens (primary N) is 1. The molecular formula is C14H13ClF2N2. The predicted octanol–water partition coefficient (Wildman–Crippen LogP) is 3.37. The molecule has 0 saturated carbocycles. The topological polar surface area (TPSA) is 38.0 Å². The number of hydrazine groups is 1. The molecule has 1 atom stereocenters. The smallest absolute Gasteiger partial charge is 0.130 e. The van der Waals surface area contributed by atoms with Gasteiger partial charge in [0.05, 0.1) is 6.04 Å². The molecule has 2 aromatic carbocycles. The van der Waals surface area contributed by atoms with Crippen LogP contribution in [-0.4, -0.2) is 0 Å². The summed E-state index contributed by atoms with van der Waals surface area (Å²) in [4.78, 5) is 0. The number of halogens is 3. The first-order valence-corrected chi connectivity index (χ1v) is 6.14. The van der Waals surface area contributed by atoms with Crippen LogP contribution in [0.4, 0.5) is 8.78 Å². The molecule has 0 radical (unpaired) electrons. The second kappa shape index (κ2) is 6.10. The fourth-order valence-electron chi connectivity index (χ4n) is 1.93. The SMILES string of the molecule is NNC(Cc1ccccc1Cl)c1ccc(F)cc1F. The van der Waals surface area contributed by atoms with Crippen molar-refractivity contribution < 1.29 is 8.78 Å². The molecule has 3 N–H and O–H groups in total. The zero-order valence-electron chi connectivity index (χ0n) is 10.0. The molecule has 0 bridgehead atoms. The first-order chi connectivity index (χ1) is 9.11. The van der Waals surface area contributed by atoms with Gasteiger partial charge in [0, 0.05) is 16.7 Å². The zero-order valence-corrected chi connectivity index (χ0v) is 10.8. The fraction of sp³-hybridized carbons (Fsp3) is 0.143. The number of nitrogens with one attached hydrogen (secondary N) is 1. The van der Waals surface area contributed by atoms with Gasteiger partial charge in [-0.1, -0.05) is 35.9 Å². The van der Waals surface area contributed by atoms with Crippen LogP contribution in [-0.2, 0) is 6.42 Å². The van der Waals surface area contributed by atoms with Crippen LogP contribution in [0.1, 0.15) is 17.2 Å². The van der Waals surface area contributed by atoms with Crippen molar-refractivity contribution in [2.45, 2.75) is 12.5 Å². The lowest BCUT2D eigenvalue weighted by molar-refractivity contribution is 0.502. The van der Waals surface area contributed by atoms with Crippen LogP contribution in [0.3, 0.4) is 0 Å². The summed E-state index contributed by atoms with van der Waals surface area (Å²) in [5.41, 5.74) is 3.69. The Balaban J connectivity index is 2.28. The van der Waals surface area contributed by atoms with Gasteiger partial charge in [0.25, 0.3) is 0 Å². The molecular weight excluding hydrogens is 270 g/mol. The first-order valence-electron chi connectivity index (χ1n) is 5.76. The molecule has 1 unspecified atom stereocenters. The van der Waals surface area contributed by atoms with E-state index in [0.717, 1.165) is 11.6 Å². The number of hydrogen-bond acceptors (Lipinski definition) is 2. The maximum Gasteiger partial charge on any atom is 0.130 e. The van der Waals surface area contributed by atoms with Crippen molar-refractivity contribution in [1.29, 1.82) is 0 Å². The summed E-state index contributed by atoms with van der Waals surface area (Å²) in [7, 11) is 0. The molecule has 0 spiro atoms. The van der Waals surface area contributed by atoms with Crippen LogP contribution in [0.25, 0.3) is 0 Å². The van der Waals surface area contributed by atoms with E-state index in [1.165, 1.54) is 12.1 Å². The van der Waals surface area contributed by atoms with Crippen molar-refractivity contribution in [3.8, 4) is 0 Å². The molecule has 19 heavy (non-hydrogen) atoms. The Labute approximate surface area is 115 Å². The second-order valence-electron chi connectivity index (χ2n) is 4.18. The molecule has 100 valence electrons. The highest BCUT2D eigenvalue weighted by Gasteiger charge is 2.16. The van der Waals surface area contributed by atoms with Crippen molar-refractivity contribution in [1.82, 2.24) is 5.43 Å². The minimum atomic E-state index is -0.630. The fourth-order valence-corrected chi connectivity index (χ4v) is 2.14. The molecule has 0 heterocycles. The molecule has 5 heteroatoms. The average Bonchev–Trinajstić information content (AvgIpc) is 2.39. The van der Waals surface area contributed by atoms with Gasteiger partial charge >= 0.3 is 0 Å². The van der Waals surface area contributed by atoms with Gasteiger partial charge in [-0.15, -0.1) is 0 Å². The Morgan fingerprint density at radius 3 is 2.53 bits per heavy atom. The van der Waals surface area contributed by atoms with Crippen LogP contribution in [0.2, 0.25) is 5.02 Å². The monoisotopic (exact) mass is 282 g/mol. The van der Waals surface area contributed by atoms with E-state index < -0.39 is 17.7 Å². The van der Waals surface area contributed by atoms with Crippen LogP contribution >= 0.6 is 11.6 Å². The molecule has 0 aliphatic heterocycles. The molecule has 0 fully saturated rings. The summed E-state index contributed by atoms with van der Waals surface area (Å²) < 4.78 is 26.6. The summed E-state index contributed by atoms with van der Waals surface area (Å²) in [6.45, 7) is 0. The summed E-state index contributed by atoms with van der Waals surface area (Å²) >= 11 is 6.06. The van der Waals surface area contributed by atoms with Crippen molar-refractivity contribution >= 4 is 11.6 Å². The Bertz CT molecular complexity index is 575. The van der Waals surface area contributed by atoms with E-state index in [1.807, 2.05) is 18.2 Å². The van der Waals surface area contributed by atoms with Crippen molar-refractivity contribution in [3.63, 3.8) is 0 Å². The van der Waals surface area contributed by atoms with E-state index in [1.54, 1.807) is 6.07 Å². The first kappa shape index (κ1) is 13.9. The number of hydrogen-bond donors (Lipinski definition) is 2. The maximum atomic E-state index is 13.7. The maximum absolute atomic E-state index is 13.7. The van der Waals surface area contributed by atoms with Crippen molar-refractivity contribution in [2.75, 3.05) is 0 Å². The van der Waals surface area contributed by atoms with Gasteiger partial charge < -0.3 is 0 Å². The largest absolute Gasteiger partial charge is 0.271 e. The molecule has 0 amide bonds. The highest BCUT2D eigenvalue weighted by Crippen LogP contribution is 2.25. The molecule has 2 nitrogen and oxygen atoms in total. The predicted molar refractivity (Wildman–Crippen MR) is 71.6 cm³/mol. The number of rotatable bonds is 4. The van der Waals surface area contributed by atoms with Gasteiger partial charge in [-0.3, -0.25) is 11.3 Å². The molecule has 0 aromatic heterocycles. The van der Waals surface area contributed by atoms with E-state index >= 15 is 0 Å². The second-order valence-corrected chi connectivity index (χ2v) is 4.59. The minimum Gasteiger partial charge on any atom is -0.271 e. The van der Waals surface area contributed by atoms with Crippen molar-refractivity contribution in [2.24, 2.45) is 5.84 Å². The van der Waals surface area contributed by atoms with E-state index in [2.05, 4.69) is 5.43 Å². The van der Waals surface area contributed by atoms with Crippen LogP contribution in [0.5, 0.6) is 0 Å². The Hall–Kier alpha value is -1.49. The van der Waals surface area contributed by atoms with Gasteiger partial charge in [-0.05, 0) is 24.1 Å². The Kier molecular flexibility index (Phi) is 4.47. The molecule has 2 aromatic rings. The Morgan fingerprint density at radius 1 is 1.16 bits per heavy atom. The van der Waals surface area contributed by atoms with E-state index in [0.29, 0.717) is 17.0 Å². The lowest BCUT2D eigenvalue weighted by atomic mass is 9.99. The lowest BCUT2D eigenvalue weighted by Gasteiger charge is -2.17. The Morgan fingerprint density at radius 2 is 1.89 bits per heavy atom. The lowest BCUT2D eigenvalue weighted by Crippen LogP contribution is -2.30. The average molecular weight is 283 g/mol. The van der Waals surface area contributed by atoms with Gasteiger partial charge in [0.15, 0.2) is 0 Å².